The van der Waals surface area contributed by atoms with Gasteiger partial charge in [0, 0.05) is 38.4 Å². The van der Waals surface area contributed by atoms with Gasteiger partial charge in [0.2, 0.25) is 11.9 Å². The zero-order valence-corrected chi connectivity index (χ0v) is 13.0. The van der Waals surface area contributed by atoms with Gasteiger partial charge in [-0.3, -0.25) is 9.48 Å². The highest BCUT2D eigenvalue weighted by atomic mass is 19.4. The van der Waals surface area contributed by atoms with Crippen molar-refractivity contribution in [3.8, 4) is 0 Å². The maximum Gasteiger partial charge on any atom is 0.433 e. The Morgan fingerprint density at radius 3 is 2.79 bits per heavy atom. The van der Waals surface area contributed by atoms with Gasteiger partial charge in [-0.2, -0.15) is 18.3 Å². The molecule has 0 fully saturated rings. The largest absolute Gasteiger partial charge is 0.433 e. The third-order valence-corrected chi connectivity index (χ3v) is 3.01. The van der Waals surface area contributed by atoms with Gasteiger partial charge in [-0.25, -0.2) is 9.97 Å². The van der Waals surface area contributed by atoms with Gasteiger partial charge in [0.1, 0.15) is 5.69 Å². The minimum Gasteiger partial charge on any atom is -0.354 e. The predicted octanol–water partition coefficient (Wildman–Crippen LogP) is 1.62. The number of aryl methyl sites for hydroxylation is 2. The molecule has 0 bridgehead atoms. The molecule has 0 saturated carbocycles. The van der Waals surface area contributed by atoms with Gasteiger partial charge in [0.05, 0.1) is 6.20 Å². The monoisotopic (exact) mass is 342 g/mol. The maximum absolute atomic E-state index is 12.5. The van der Waals surface area contributed by atoms with Crippen molar-refractivity contribution in [2.45, 2.75) is 26.1 Å². The first-order valence-electron chi connectivity index (χ1n) is 7.24. The summed E-state index contributed by atoms with van der Waals surface area (Å²) in [5.41, 5.74) is -0.000697. The first-order valence-corrected chi connectivity index (χ1v) is 7.24. The van der Waals surface area contributed by atoms with Gasteiger partial charge in [-0.1, -0.05) is 0 Å². The zero-order chi connectivity index (χ0) is 17.6. The molecule has 0 aromatic carbocycles. The van der Waals surface area contributed by atoms with E-state index in [0.717, 1.165) is 17.8 Å². The van der Waals surface area contributed by atoms with Crippen molar-refractivity contribution < 1.29 is 18.0 Å². The number of hydrogen-bond acceptors (Lipinski definition) is 5. The summed E-state index contributed by atoms with van der Waals surface area (Å²) in [5, 5.41) is 9.36. The van der Waals surface area contributed by atoms with Gasteiger partial charge in [-0.15, -0.1) is 0 Å². The first-order chi connectivity index (χ1) is 11.3. The van der Waals surface area contributed by atoms with Crippen molar-refractivity contribution in [2.24, 2.45) is 0 Å². The maximum atomic E-state index is 12.5. The van der Waals surface area contributed by atoms with Crippen molar-refractivity contribution in [3.63, 3.8) is 0 Å². The molecule has 24 heavy (non-hydrogen) atoms. The Morgan fingerprint density at radius 2 is 2.12 bits per heavy atom. The number of nitrogens with one attached hydrogen (secondary N) is 2. The highest BCUT2D eigenvalue weighted by molar-refractivity contribution is 5.75. The molecule has 0 unspecified atom stereocenters. The summed E-state index contributed by atoms with van der Waals surface area (Å²) in [5.74, 6) is -0.305. The molecule has 0 radical (unpaired) electrons. The lowest BCUT2D eigenvalue weighted by atomic mass is 10.4. The number of alkyl halides is 3. The second-order valence-electron chi connectivity index (χ2n) is 5.07. The SMILES string of the molecule is Cc1cnn(CCC(=O)NCCNc2nccc(C(F)(F)F)n2)c1. The highest BCUT2D eigenvalue weighted by Crippen LogP contribution is 2.27. The number of aromatic nitrogens is 4. The molecule has 2 aromatic heterocycles. The third-order valence-electron chi connectivity index (χ3n) is 3.01. The smallest absolute Gasteiger partial charge is 0.354 e. The van der Waals surface area contributed by atoms with Crippen LogP contribution in [0, 0.1) is 6.92 Å². The van der Waals surface area contributed by atoms with E-state index in [2.05, 4.69) is 25.7 Å². The van der Waals surface area contributed by atoms with Crippen molar-refractivity contribution in [2.75, 3.05) is 18.4 Å². The van der Waals surface area contributed by atoms with Crippen LogP contribution in [0.1, 0.15) is 17.7 Å². The first kappa shape index (κ1) is 17.7. The second kappa shape index (κ2) is 7.75. The Kier molecular flexibility index (Phi) is 5.72. The summed E-state index contributed by atoms with van der Waals surface area (Å²) in [6.45, 7) is 2.83. The van der Waals surface area contributed by atoms with E-state index in [9.17, 15) is 18.0 Å². The number of rotatable bonds is 7. The van der Waals surface area contributed by atoms with Crippen molar-refractivity contribution in [1.82, 2.24) is 25.1 Å². The predicted molar refractivity (Wildman–Crippen MR) is 80.1 cm³/mol. The van der Waals surface area contributed by atoms with E-state index >= 15 is 0 Å². The molecule has 0 spiro atoms. The normalized spacial score (nSPS) is 11.3. The summed E-state index contributed by atoms with van der Waals surface area (Å²) in [6.07, 6.45) is 0.319. The van der Waals surface area contributed by atoms with Crippen molar-refractivity contribution in [1.29, 1.82) is 0 Å². The second-order valence-corrected chi connectivity index (χ2v) is 5.07. The van der Waals surface area contributed by atoms with E-state index in [4.69, 9.17) is 0 Å². The average Bonchev–Trinajstić information content (AvgIpc) is 2.95. The summed E-state index contributed by atoms with van der Waals surface area (Å²) in [4.78, 5) is 18.7. The van der Waals surface area contributed by atoms with E-state index < -0.39 is 11.9 Å². The molecule has 2 aromatic rings. The molecular formula is C14H17F3N6O. The third kappa shape index (κ3) is 5.52. The molecule has 130 valence electrons. The van der Waals surface area contributed by atoms with Gasteiger partial charge in [0.25, 0.3) is 0 Å². The Hall–Kier alpha value is -2.65. The Bertz CT molecular complexity index is 685. The molecule has 0 aliphatic carbocycles. The van der Waals surface area contributed by atoms with Crippen LogP contribution in [0.3, 0.4) is 0 Å². The molecule has 2 rings (SSSR count). The van der Waals surface area contributed by atoms with E-state index in [1.165, 1.54) is 0 Å². The molecule has 0 aliphatic rings. The standard InChI is InChI=1S/C14H17F3N6O/c1-10-8-21-23(9-10)7-3-12(24)18-5-6-20-13-19-4-2-11(22-13)14(15,16)17/h2,4,8-9H,3,5-7H2,1H3,(H,18,24)(H,19,20,22). The fraction of sp³-hybridized carbons (Fsp3) is 0.429. The van der Waals surface area contributed by atoms with Crippen molar-refractivity contribution >= 4 is 11.9 Å². The summed E-state index contributed by atoms with van der Waals surface area (Å²) in [7, 11) is 0. The van der Waals surface area contributed by atoms with Crippen LogP contribution in [0.15, 0.2) is 24.7 Å². The summed E-state index contributed by atoms with van der Waals surface area (Å²) >= 11 is 0. The van der Waals surface area contributed by atoms with Crippen LogP contribution in [0.25, 0.3) is 0 Å². The zero-order valence-electron chi connectivity index (χ0n) is 13.0. The lowest BCUT2D eigenvalue weighted by molar-refractivity contribution is -0.141. The lowest BCUT2D eigenvalue weighted by Gasteiger charge is -2.09. The number of anilines is 1. The number of hydrogen-bond donors (Lipinski definition) is 2. The summed E-state index contributed by atoms with van der Waals surface area (Å²) < 4.78 is 39.2. The van der Waals surface area contributed by atoms with E-state index in [-0.39, 0.29) is 31.4 Å². The van der Waals surface area contributed by atoms with E-state index in [0.29, 0.717) is 6.54 Å². The topological polar surface area (TPSA) is 84.7 Å². The quantitative estimate of drug-likeness (QED) is 0.747. The number of halogens is 3. The minimum atomic E-state index is -4.52. The molecule has 10 heteroatoms. The Balaban J connectivity index is 1.68. The van der Waals surface area contributed by atoms with Gasteiger partial charge in [-0.05, 0) is 18.6 Å². The number of amides is 1. The molecule has 2 N–H and O–H groups in total. The minimum absolute atomic E-state index is 0.133. The Morgan fingerprint density at radius 1 is 1.33 bits per heavy atom. The van der Waals surface area contributed by atoms with Crippen LogP contribution in [0.4, 0.5) is 19.1 Å². The fourth-order valence-electron chi connectivity index (χ4n) is 1.87. The molecule has 0 aliphatic heterocycles. The van der Waals surface area contributed by atoms with Crippen LogP contribution in [-0.2, 0) is 17.5 Å². The van der Waals surface area contributed by atoms with Crippen LogP contribution in [0.2, 0.25) is 0 Å². The van der Waals surface area contributed by atoms with E-state index in [1.807, 2.05) is 13.1 Å². The fourth-order valence-corrected chi connectivity index (χ4v) is 1.87. The molecule has 2 heterocycles. The number of carbonyl (C=O) groups excluding carboxylic acids is 1. The number of carbonyl (C=O) groups is 1. The van der Waals surface area contributed by atoms with Gasteiger partial charge < -0.3 is 10.6 Å². The van der Waals surface area contributed by atoms with Gasteiger partial charge in [0.15, 0.2) is 0 Å². The molecule has 0 saturated heterocycles. The van der Waals surface area contributed by atoms with Crippen LogP contribution >= 0.6 is 0 Å². The van der Waals surface area contributed by atoms with Crippen molar-refractivity contribution in [3.05, 3.63) is 35.9 Å². The molecular weight excluding hydrogens is 325 g/mol. The number of nitrogens with zero attached hydrogens (tertiary/aromatic N) is 4. The summed E-state index contributed by atoms with van der Waals surface area (Å²) in [6, 6.07) is 0.796. The van der Waals surface area contributed by atoms with Crippen LogP contribution in [0.5, 0.6) is 0 Å². The average molecular weight is 342 g/mol. The van der Waals surface area contributed by atoms with Gasteiger partial charge >= 0.3 is 6.18 Å². The molecule has 0 atom stereocenters. The highest BCUT2D eigenvalue weighted by Gasteiger charge is 2.32. The van der Waals surface area contributed by atoms with E-state index in [1.54, 1.807) is 10.9 Å². The Labute approximate surface area is 136 Å². The lowest BCUT2D eigenvalue weighted by Crippen LogP contribution is -2.29. The molecule has 7 nitrogen and oxygen atoms in total. The van der Waals surface area contributed by atoms with Crippen LogP contribution < -0.4 is 10.6 Å². The van der Waals surface area contributed by atoms with Crippen LogP contribution in [-0.4, -0.2) is 38.7 Å². The molecule has 1 amide bonds.